The summed E-state index contributed by atoms with van der Waals surface area (Å²) in [5.41, 5.74) is 9.56. The number of hydrogen-bond acceptors (Lipinski definition) is 7. The van der Waals surface area contributed by atoms with Gasteiger partial charge >= 0.3 is 0 Å². The zero-order valence-corrected chi connectivity index (χ0v) is 29.0. The first-order valence-corrected chi connectivity index (χ1v) is 17.3. The number of hydrogen-bond donors (Lipinski definition) is 1. The van der Waals surface area contributed by atoms with Crippen LogP contribution >= 0.6 is 12.4 Å². The Kier molecular flexibility index (Phi) is 10.8. The van der Waals surface area contributed by atoms with Gasteiger partial charge in [0.25, 0.3) is 23.6 Å². The third-order valence-corrected chi connectivity index (χ3v) is 10.4. The normalized spacial score (nSPS) is 19.2. The van der Waals surface area contributed by atoms with E-state index >= 15 is 0 Å². The lowest BCUT2D eigenvalue weighted by Gasteiger charge is -2.39. The molecule has 0 spiro atoms. The Morgan fingerprint density at radius 1 is 0.686 bits per heavy atom. The van der Waals surface area contributed by atoms with Crippen molar-refractivity contribution in [3.63, 3.8) is 0 Å². The molecular formula is C36H41ClF2N8O4. The van der Waals surface area contributed by atoms with E-state index in [1.54, 1.807) is 41.3 Å². The molecule has 0 atom stereocenters. The van der Waals surface area contributed by atoms with Crippen molar-refractivity contribution >= 4 is 36.0 Å². The second kappa shape index (κ2) is 15.3. The molecule has 2 saturated carbocycles. The molecule has 0 saturated heterocycles. The molecule has 2 aromatic heterocycles. The van der Waals surface area contributed by atoms with Crippen LogP contribution in [0.15, 0.2) is 60.5 Å². The summed E-state index contributed by atoms with van der Waals surface area (Å²) in [5, 5.41) is 8.83. The van der Waals surface area contributed by atoms with E-state index in [0.29, 0.717) is 72.1 Å². The first-order chi connectivity index (χ1) is 24.3. The molecule has 3 aliphatic heterocycles. The molecule has 0 radical (unpaired) electrons. The van der Waals surface area contributed by atoms with E-state index in [9.17, 15) is 28.0 Å². The van der Waals surface area contributed by atoms with Crippen molar-refractivity contribution in [2.45, 2.75) is 76.5 Å². The predicted molar refractivity (Wildman–Crippen MR) is 186 cm³/mol. The lowest BCUT2D eigenvalue weighted by Crippen LogP contribution is -2.47. The molecule has 8 rings (SSSR count). The average molecular weight is 723 g/mol. The molecule has 3 aromatic rings. The molecule has 4 amide bonds. The number of fused-ring (bicyclic) bond motifs is 3. The Bertz CT molecular complexity index is 1860. The summed E-state index contributed by atoms with van der Waals surface area (Å²) >= 11 is 0. The number of imide groups is 1. The maximum Gasteiger partial charge on any atom is 0.261 e. The monoisotopic (exact) mass is 722 g/mol. The largest absolute Gasteiger partial charge is 0.335 e. The number of nitrogens with zero attached hydrogens (tertiary/aromatic N) is 7. The van der Waals surface area contributed by atoms with Gasteiger partial charge in [0.15, 0.2) is 0 Å². The van der Waals surface area contributed by atoms with E-state index in [-0.39, 0.29) is 49.4 Å². The smallest absolute Gasteiger partial charge is 0.261 e. The van der Waals surface area contributed by atoms with Crippen LogP contribution in [0, 0.1) is 0 Å². The van der Waals surface area contributed by atoms with Crippen molar-refractivity contribution in [3.05, 3.63) is 94.1 Å². The van der Waals surface area contributed by atoms with Crippen LogP contribution in [0.1, 0.15) is 91.3 Å². The number of nitrogens with two attached hydrogens (primary N) is 1. The van der Waals surface area contributed by atoms with Gasteiger partial charge in [0.05, 0.1) is 65.9 Å². The fourth-order valence-corrected chi connectivity index (χ4v) is 7.13. The number of amides is 4. The van der Waals surface area contributed by atoms with Gasteiger partial charge in [0.2, 0.25) is 0 Å². The fourth-order valence-electron chi connectivity index (χ4n) is 7.13. The highest BCUT2D eigenvalue weighted by molar-refractivity contribution is 6.21. The fraction of sp³-hybridized carbons (Fsp3) is 0.444. The molecule has 2 N–H and O–H groups in total. The van der Waals surface area contributed by atoms with Gasteiger partial charge in [-0.25, -0.2) is 8.78 Å². The Balaban J connectivity index is 0.000000186. The highest BCUT2D eigenvalue weighted by atomic mass is 35.5. The first kappa shape index (κ1) is 36.1. The number of carbonyl (C=O) groups is 4. The number of benzene rings is 1. The van der Waals surface area contributed by atoms with Crippen LogP contribution in [0.4, 0.5) is 8.78 Å². The molecule has 0 bridgehead atoms. The minimum atomic E-state index is -0.430. The third-order valence-electron chi connectivity index (χ3n) is 10.4. The Morgan fingerprint density at radius 2 is 1.14 bits per heavy atom. The van der Waals surface area contributed by atoms with Gasteiger partial charge in [0, 0.05) is 57.0 Å². The summed E-state index contributed by atoms with van der Waals surface area (Å²) in [4.78, 5) is 55.2. The van der Waals surface area contributed by atoms with Crippen molar-refractivity contribution in [1.29, 1.82) is 0 Å². The quantitative estimate of drug-likeness (QED) is 0.326. The summed E-state index contributed by atoms with van der Waals surface area (Å²) in [6.07, 6.45) is 12.4. The molecule has 12 nitrogen and oxygen atoms in total. The summed E-state index contributed by atoms with van der Waals surface area (Å²) in [5.74, 6) is -0.805. The minimum absolute atomic E-state index is 0. The second-order valence-electron chi connectivity index (χ2n) is 13.5. The molecule has 270 valence electrons. The number of rotatable bonds is 9. The van der Waals surface area contributed by atoms with Crippen molar-refractivity contribution < 1.29 is 28.0 Å². The Hall–Kier alpha value is -4.69. The van der Waals surface area contributed by atoms with E-state index in [4.69, 9.17) is 5.73 Å². The Labute approximate surface area is 300 Å². The van der Waals surface area contributed by atoms with Crippen LogP contribution in [-0.2, 0) is 25.9 Å². The Morgan fingerprint density at radius 3 is 1.53 bits per heavy atom. The van der Waals surface area contributed by atoms with Gasteiger partial charge in [-0.05, 0) is 61.8 Å². The third kappa shape index (κ3) is 6.98. The van der Waals surface area contributed by atoms with Crippen LogP contribution in [0.3, 0.4) is 0 Å². The van der Waals surface area contributed by atoms with Crippen LogP contribution in [-0.4, -0.2) is 96.2 Å². The van der Waals surface area contributed by atoms with Gasteiger partial charge in [0.1, 0.15) is 0 Å². The van der Waals surface area contributed by atoms with Gasteiger partial charge in [-0.15, -0.1) is 12.4 Å². The van der Waals surface area contributed by atoms with E-state index in [1.807, 2.05) is 9.80 Å². The lowest BCUT2D eigenvalue weighted by atomic mass is 9.89. The topological polar surface area (TPSA) is 140 Å². The van der Waals surface area contributed by atoms with E-state index in [0.717, 1.165) is 61.4 Å². The molecule has 5 aliphatic rings. The molecule has 5 heterocycles. The van der Waals surface area contributed by atoms with Gasteiger partial charge in [-0.2, -0.15) is 10.2 Å². The lowest BCUT2D eigenvalue weighted by molar-refractivity contribution is 0.0551. The maximum atomic E-state index is 13.6. The van der Waals surface area contributed by atoms with Gasteiger partial charge in [-0.1, -0.05) is 12.1 Å². The zero-order valence-electron chi connectivity index (χ0n) is 28.2. The summed E-state index contributed by atoms with van der Waals surface area (Å²) in [7, 11) is 0. The molecule has 15 heteroatoms. The van der Waals surface area contributed by atoms with E-state index < -0.39 is 11.8 Å². The zero-order chi connectivity index (χ0) is 34.9. The number of halogens is 3. The summed E-state index contributed by atoms with van der Waals surface area (Å²) in [6.45, 7) is 1.77. The predicted octanol–water partition coefficient (Wildman–Crippen LogP) is 4.25. The number of carbonyl (C=O) groups excluding carboxylic acids is 4. The molecule has 2 fully saturated rings. The SMILES string of the molecule is Cl.NC/C(=C\F)Cn1cc2c(n1)CCN(C1CCC1)C2=O.O=C1c2ccccc2C(=O)N1C/C(=C\F)Cn1cc2c(n1)CCN(C1CCC1)C2=O. The molecule has 1 aromatic carbocycles. The summed E-state index contributed by atoms with van der Waals surface area (Å²) < 4.78 is 29.3. The highest BCUT2D eigenvalue weighted by Crippen LogP contribution is 2.31. The van der Waals surface area contributed by atoms with Crippen LogP contribution in [0.2, 0.25) is 0 Å². The van der Waals surface area contributed by atoms with Crippen molar-refractivity contribution in [2.24, 2.45) is 5.73 Å². The van der Waals surface area contributed by atoms with Crippen molar-refractivity contribution in [3.8, 4) is 0 Å². The van der Waals surface area contributed by atoms with Gasteiger partial charge < -0.3 is 15.5 Å². The maximum absolute atomic E-state index is 13.6. The minimum Gasteiger partial charge on any atom is -0.335 e. The van der Waals surface area contributed by atoms with Gasteiger partial charge in [-0.3, -0.25) is 33.4 Å². The van der Waals surface area contributed by atoms with Crippen molar-refractivity contribution in [2.75, 3.05) is 26.2 Å². The van der Waals surface area contributed by atoms with E-state index in [2.05, 4.69) is 10.2 Å². The first-order valence-electron chi connectivity index (χ1n) is 17.3. The molecular weight excluding hydrogens is 682 g/mol. The van der Waals surface area contributed by atoms with Crippen molar-refractivity contribution in [1.82, 2.24) is 34.3 Å². The van der Waals surface area contributed by atoms with Crippen LogP contribution in [0.5, 0.6) is 0 Å². The standard InChI is InChI=1S/C22H21FN4O3.C14H19FN4O.ClH/c23-10-14(12-27-20(28)16-6-1-2-7-17(16)21(27)29)11-25-13-18-19(24-25)8-9-26(22(18)30)15-4-3-5-15;15-6-10(7-16)8-18-9-12-13(17-18)4-5-19(14(12)20)11-2-1-3-11;/h1-2,6-7,10,13,15H,3-5,8-9,11-12H2;6,9,11H,1-5,7-8,16H2;1H/b14-10-;10-6+;. The van der Waals surface area contributed by atoms with E-state index in [1.165, 1.54) is 11.1 Å². The number of aromatic nitrogens is 4. The molecule has 0 unspecified atom stereocenters. The van der Waals surface area contributed by atoms with Crippen LogP contribution < -0.4 is 5.73 Å². The highest BCUT2D eigenvalue weighted by Gasteiger charge is 2.37. The second-order valence-corrected chi connectivity index (χ2v) is 13.5. The van der Waals surface area contributed by atoms with Crippen LogP contribution in [0.25, 0.3) is 0 Å². The molecule has 2 aliphatic carbocycles. The summed E-state index contributed by atoms with van der Waals surface area (Å²) in [6, 6.07) is 7.30. The average Bonchev–Trinajstić information content (AvgIpc) is 3.76. The molecule has 51 heavy (non-hydrogen) atoms.